The number of fused-ring (bicyclic) bond motifs is 1. The highest BCUT2D eigenvalue weighted by atomic mass is 16.3. The number of hydrogen-bond acceptors (Lipinski definition) is 1. The van der Waals surface area contributed by atoms with Crippen LogP contribution in [0.4, 0.5) is 0 Å². The molecule has 2 nitrogen and oxygen atoms in total. The summed E-state index contributed by atoms with van der Waals surface area (Å²) in [5.41, 5.74) is 1.72. The Morgan fingerprint density at radius 2 is 2.07 bits per heavy atom. The summed E-state index contributed by atoms with van der Waals surface area (Å²) in [5, 5.41) is 11.1. The molecule has 0 unspecified atom stereocenters. The van der Waals surface area contributed by atoms with Crippen LogP contribution < -0.4 is 4.57 Å². The van der Waals surface area contributed by atoms with Crippen molar-refractivity contribution in [3.63, 3.8) is 0 Å². The molecule has 0 spiro atoms. The number of rotatable bonds is 1. The quantitative estimate of drug-likeness (QED) is 0.702. The molecular formula is C13H14NO+. The van der Waals surface area contributed by atoms with Gasteiger partial charge in [-0.2, -0.15) is 4.57 Å². The number of aromatic nitrogens is 1. The Bertz CT molecular complexity index is 529. The van der Waals surface area contributed by atoms with Crippen LogP contribution in [0.3, 0.4) is 0 Å². The highest BCUT2D eigenvalue weighted by Crippen LogP contribution is 2.26. The fourth-order valence-corrected chi connectivity index (χ4v) is 1.78. The molecule has 0 atom stereocenters. The van der Waals surface area contributed by atoms with Crippen molar-refractivity contribution in [2.24, 2.45) is 7.05 Å². The maximum absolute atomic E-state index is 10.1. The molecule has 1 N–H and O–H groups in total. The lowest BCUT2D eigenvalue weighted by atomic mass is 10.1. The fourth-order valence-electron chi connectivity index (χ4n) is 1.78. The molecule has 0 amide bonds. The van der Waals surface area contributed by atoms with E-state index in [1.54, 1.807) is 0 Å². The molecule has 0 aliphatic carbocycles. The number of nitrogens with zero attached hydrogens (tertiary/aromatic N) is 1. The van der Waals surface area contributed by atoms with Crippen LogP contribution in [0.15, 0.2) is 36.5 Å². The number of aryl methyl sites for hydroxylation is 1. The minimum atomic E-state index is 0.341. The minimum absolute atomic E-state index is 0.341. The Labute approximate surface area is 89.1 Å². The van der Waals surface area contributed by atoms with E-state index in [2.05, 4.69) is 0 Å². The van der Waals surface area contributed by atoms with E-state index in [0.717, 1.165) is 16.5 Å². The van der Waals surface area contributed by atoms with Gasteiger partial charge < -0.3 is 5.11 Å². The van der Waals surface area contributed by atoms with Crippen LogP contribution >= 0.6 is 0 Å². The highest BCUT2D eigenvalue weighted by Gasteiger charge is 2.12. The number of pyridine rings is 1. The predicted molar refractivity (Wildman–Crippen MR) is 61.5 cm³/mol. The molecule has 0 saturated carbocycles. The van der Waals surface area contributed by atoms with Gasteiger partial charge in [0.05, 0.1) is 5.39 Å². The van der Waals surface area contributed by atoms with Crippen molar-refractivity contribution in [3.8, 4) is 5.75 Å². The van der Waals surface area contributed by atoms with Gasteiger partial charge in [-0.1, -0.05) is 18.2 Å². The van der Waals surface area contributed by atoms with Crippen molar-refractivity contribution in [2.45, 2.75) is 6.92 Å². The Morgan fingerprint density at radius 3 is 2.80 bits per heavy atom. The topological polar surface area (TPSA) is 24.1 Å². The number of aromatic hydroxyl groups is 1. The lowest BCUT2D eigenvalue weighted by Gasteiger charge is -2.02. The molecule has 0 bridgehead atoms. The second-order valence-electron chi connectivity index (χ2n) is 3.56. The second-order valence-corrected chi connectivity index (χ2v) is 3.56. The van der Waals surface area contributed by atoms with E-state index in [9.17, 15) is 5.11 Å². The lowest BCUT2D eigenvalue weighted by molar-refractivity contribution is -0.645. The molecule has 0 aliphatic heterocycles. The monoisotopic (exact) mass is 200 g/mol. The highest BCUT2D eigenvalue weighted by molar-refractivity contribution is 5.85. The van der Waals surface area contributed by atoms with Gasteiger partial charge in [-0.3, -0.25) is 0 Å². The molecule has 76 valence electrons. The molecule has 1 aromatic carbocycles. The van der Waals surface area contributed by atoms with Crippen molar-refractivity contribution in [1.29, 1.82) is 0 Å². The van der Waals surface area contributed by atoms with Crippen LogP contribution in [0.1, 0.15) is 12.5 Å². The largest absolute Gasteiger partial charge is 0.502 e. The van der Waals surface area contributed by atoms with Gasteiger partial charge in [-0.15, -0.1) is 0 Å². The van der Waals surface area contributed by atoms with Gasteiger partial charge in [0.25, 0.3) is 5.52 Å². The number of allylic oxidation sites excluding steroid dienone is 1. The van der Waals surface area contributed by atoms with Gasteiger partial charge in [-0.05, 0) is 19.1 Å². The smallest absolute Gasteiger partial charge is 0.255 e. The SMILES string of the molecule is CC=Cc1ccc2ccc[n+](C)c2c1O. The van der Waals surface area contributed by atoms with Crippen molar-refractivity contribution in [2.75, 3.05) is 0 Å². The first kappa shape index (κ1) is 9.71. The lowest BCUT2D eigenvalue weighted by Crippen LogP contribution is -2.27. The van der Waals surface area contributed by atoms with E-state index < -0.39 is 0 Å². The third kappa shape index (κ3) is 1.59. The summed E-state index contributed by atoms with van der Waals surface area (Å²) in [5.74, 6) is 0.341. The van der Waals surface area contributed by atoms with Gasteiger partial charge in [-0.25, -0.2) is 0 Å². The Hall–Kier alpha value is -1.83. The number of hydrogen-bond donors (Lipinski definition) is 1. The van der Waals surface area contributed by atoms with Crippen LogP contribution in [0.5, 0.6) is 5.75 Å². The second kappa shape index (κ2) is 3.73. The van der Waals surface area contributed by atoms with Gasteiger partial charge in [0.1, 0.15) is 7.05 Å². The number of phenolic OH excluding ortho intramolecular Hbond substituents is 1. The standard InChI is InChI=1S/C13H13NO/c1-3-5-11-8-7-10-6-4-9-14(2)12(10)13(11)15/h3-9H,1-2H3/p+1. The first-order valence-electron chi connectivity index (χ1n) is 4.97. The van der Waals surface area contributed by atoms with Crippen LogP contribution in [0.25, 0.3) is 17.0 Å². The molecule has 1 aromatic heterocycles. The fraction of sp³-hybridized carbons (Fsp3) is 0.154. The summed E-state index contributed by atoms with van der Waals surface area (Å²) >= 11 is 0. The average Bonchev–Trinajstić information content (AvgIpc) is 2.22. The zero-order valence-corrected chi connectivity index (χ0v) is 8.94. The molecule has 2 rings (SSSR count). The summed E-state index contributed by atoms with van der Waals surface area (Å²) in [6, 6.07) is 7.91. The van der Waals surface area contributed by atoms with Gasteiger partial charge in [0, 0.05) is 11.6 Å². The molecule has 0 radical (unpaired) electrons. The van der Waals surface area contributed by atoms with E-state index in [0.29, 0.717) is 5.75 Å². The summed E-state index contributed by atoms with van der Waals surface area (Å²) in [4.78, 5) is 0. The third-order valence-corrected chi connectivity index (χ3v) is 2.50. The van der Waals surface area contributed by atoms with Crippen molar-refractivity contribution < 1.29 is 9.67 Å². The number of benzene rings is 1. The molecule has 1 heterocycles. The normalized spacial score (nSPS) is 11.3. The average molecular weight is 200 g/mol. The van der Waals surface area contributed by atoms with Crippen molar-refractivity contribution in [1.82, 2.24) is 0 Å². The van der Waals surface area contributed by atoms with E-state index in [1.807, 2.05) is 61.2 Å². The Morgan fingerprint density at radius 1 is 1.27 bits per heavy atom. The maximum Gasteiger partial charge on any atom is 0.255 e. The van der Waals surface area contributed by atoms with E-state index in [-0.39, 0.29) is 0 Å². The maximum atomic E-state index is 10.1. The van der Waals surface area contributed by atoms with Crippen LogP contribution in [0, 0.1) is 0 Å². The molecule has 15 heavy (non-hydrogen) atoms. The third-order valence-electron chi connectivity index (χ3n) is 2.50. The molecule has 2 aromatic rings. The van der Waals surface area contributed by atoms with Crippen LogP contribution in [-0.4, -0.2) is 5.11 Å². The first-order valence-corrected chi connectivity index (χ1v) is 4.97. The van der Waals surface area contributed by atoms with Gasteiger partial charge >= 0.3 is 0 Å². The molecule has 2 heteroatoms. The van der Waals surface area contributed by atoms with Gasteiger partial charge in [0.2, 0.25) is 0 Å². The number of phenols is 1. The molecular weight excluding hydrogens is 186 g/mol. The summed E-state index contributed by atoms with van der Waals surface area (Å²) < 4.78 is 1.93. The van der Waals surface area contributed by atoms with E-state index in [1.165, 1.54) is 0 Å². The summed E-state index contributed by atoms with van der Waals surface area (Å²) in [7, 11) is 1.93. The van der Waals surface area contributed by atoms with Crippen LogP contribution in [-0.2, 0) is 7.05 Å². The van der Waals surface area contributed by atoms with E-state index in [4.69, 9.17) is 0 Å². The van der Waals surface area contributed by atoms with Crippen molar-refractivity contribution >= 4 is 17.0 Å². The van der Waals surface area contributed by atoms with Crippen molar-refractivity contribution in [3.05, 3.63) is 42.1 Å². The molecule has 0 fully saturated rings. The Balaban J connectivity index is 2.82. The molecule has 0 aliphatic rings. The van der Waals surface area contributed by atoms with E-state index >= 15 is 0 Å². The minimum Gasteiger partial charge on any atom is -0.502 e. The summed E-state index contributed by atoms with van der Waals surface area (Å²) in [6.45, 7) is 1.94. The first-order chi connectivity index (χ1) is 7.24. The molecule has 0 saturated heterocycles. The zero-order valence-electron chi connectivity index (χ0n) is 8.94. The Kier molecular flexibility index (Phi) is 2.42. The van der Waals surface area contributed by atoms with Crippen LogP contribution in [0.2, 0.25) is 0 Å². The summed E-state index contributed by atoms with van der Waals surface area (Å²) in [6.07, 6.45) is 5.76. The predicted octanol–water partition coefficient (Wildman–Crippen LogP) is 2.40. The van der Waals surface area contributed by atoms with Gasteiger partial charge in [0.15, 0.2) is 11.9 Å². The zero-order chi connectivity index (χ0) is 10.8.